The molecule has 0 aliphatic rings. The number of nitrogens with one attached hydrogen (secondary N) is 1. The van der Waals surface area contributed by atoms with Gasteiger partial charge in [-0.25, -0.2) is 0 Å². The first kappa shape index (κ1) is 9.36. The Morgan fingerprint density at radius 3 is 2.25 bits per heavy atom. The van der Waals surface area contributed by atoms with Crippen LogP contribution in [0.25, 0.3) is 0 Å². The third kappa shape index (κ3) is 1.71. The fourth-order valence-corrected chi connectivity index (χ4v) is 1.39. The highest BCUT2D eigenvalue weighted by Gasteiger charge is 2.10. The Hall–Kier alpha value is -0.730. The first-order valence-corrected chi connectivity index (χ1v) is 3.99. The summed E-state index contributed by atoms with van der Waals surface area (Å²) in [5.41, 5.74) is 0.434. The quantitative estimate of drug-likeness (QED) is 0.553. The summed E-state index contributed by atoms with van der Waals surface area (Å²) in [6, 6.07) is 5.05. The van der Waals surface area contributed by atoms with Crippen LogP contribution >= 0.6 is 23.2 Å². The van der Waals surface area contributed by atoms with Gasteiger partial charge in [-0.05, 0) is 12.1 Å². The lowest BCUT2D eigenvalue weighted by atomic mass is 10.2. The molecule has 2 nitrogen and oxygen atoms in total. The van der Waals surface area contributed by atoms with E-state index in [1.165, 1.54) is 7.11 Å². The van der Waals surface area contributed by atoms with Crippen molar-refractivity contribution in [3.63, 3.8) is 0 Å². The number of benzene rings is 1. The summed E-state index contributed by atoms with van der Waals surface area (Å²) >= 11 is 11.6. The van der Waals surface area contributed by atoms with E-state index in [1.807, 2.05) is 0 Å². The average Bonchev–Trinajstić information content (AvgIpc) is 2.03. The zero-order valence-corrected chi connectivity index (χ0v) is 7.91. The molecule has 0 amide bonds. The highest BCUT2D eigenvalue weighted by atomic mass is 35.5. The molecule has 1 aromatic carbocycles. The molecular weight excluding hydrogens is 197 g/mol. The molecule has 0 saturated carbocycles. The topological polar surface area (TPSA) is 33.1 Å². The van der Waals surface area contributed by atoms with Crippen LogP contribution < -0.4 is 0 Å². The Kier molecular flexibility index (Phi) is 2.95. The van der Waals surface area contributed by atoms with E-state index in [9.17, 15) is 0 Å². The second kappa shape index (κ2) is 3.78. The Bertz CT molecular complexity index is 292. The molecule has 4 heteroatoms. The second-order valence-corrected chi connectivity index (χ2v) is 2.94. The molecule has 0 fully saturated rings. The van der Waals surface area contributed by atoms with Crippen LogP contribution in [0.15, 0.2) is 18.2 Å². The highest BCUT2D eigenvalue weighted by Crippen LogP contribution is 2.24. The summed E-state index contributed by atoms with van der Waals surface area (Å²) in [5, 5.41) is 8.22. The molecule has 0 aliphatic carbocycles. The predicted octanol–water partition coefficient (Wildman–Crippen LogP) is 2.97. The van der Waals surface area contributed by atoms with Gasteiger partial charge >= 0.3 is 0 Å². The smallest absolute Gasteiger partial charge is 0.215 e. The van der Waals surface area contributed by atoms with Gasteiger partial charge in [0, 0.05) is 0 Å². The van der Waals surface area contributed by atoms with Gasteiger partial charge < -0.3 is 4.74 Å². The number of rotatable bonds is 1. The van der Waals surface area contributed by atoms with Gasteiger partial charge in [-0.15, -0.1) is 0 Å². The third-order valence-corrected chi connectivity index (χ3v) is 2.02. The number of hydrogen-bond acceptors (Lipinski definition) is 2. The van der Waals surface area contributed by atoms with Gasteiger partial charge in [0.15, 0.2) is 0 Å². The van der Waals surface area contributed by atoms with Gasteiger partial charge in [0.2, 0.25) is 5.90 Å². The molecule has 0 heterocycles. The second-order valence-electron chi connectivity index (χ2n) is 2.13. The van der Waals surface area contributed by atoms with Crippen LogP contribution in [0.3, 0.4) is 0 Å². The fraction of sp³-hybridized carbons (Fsp3) is 0.125. The molecule has 0 saturated heterocycles. The van der Waals surface area contributed by atoms with Crippen molar-refractivity contribution in [1.29, 1.82) is 5.41 Å². The van der Waals surface area contributed by atoms with Crippen molar-refractivity contribution < 1.29 is 4.74 Å². The van der Waals surface area contributed by atoms with Crippen molar-refractivity contribution in [3.8, 4) is 0 Å². The molecule has 1 rings (SSSR count). The molecule has 0 atom stereocenters. The summed E-state index contributed by atoms with van der Waals surface area (Å²) in [6.07, 6.45) is 0. The minimum Gasteiger partial charge on any atom is -0.481 e. The Labute approximate surface area is 80.6 Å². The predicted molar refractivity (Wildman–Crippen MR) is 50.3 cm³/mol. The molecule has 0 radical (unpaired) electrons. The van der Waals surface area contributed by atoms with E-state index in [0.717, 1.165) is 0 Å². The Balaban J connectivity index is 3.21. The van der Waals surface area contributed by atoms with Gasteiger partial charge in [-0.2, -0.15) is 0 Å². The Morgan fingerprint density at radius 2 is 1.83 bits per heavy atom. The molecule has 1 aromatic rings. The molecule has 0 spiro atoms. The van der Waals surface area contributed by atoms with E-state index >= 15 is 0 Å². The lowest BCUT2D eigenvalue weighted by Gasteiger charge is -2.05. The van der Waals surface area contributed by atoms with E-state index < -0.39 is 0 Å². The first-order valence-electron chi connectivity index (χ1n) is 3.23. The van der Waals surface area contributed by atoms with E-state index in [1.54, 1.807) is 18.2 Å². The molecule has 0 aromatic heterocycles. The van der Waals surface area contributed by atoms with Crippen LogP contribution in [0.4, 0.5) is 0 Å². The van der Waals surface area contributed by atoms with Crippen molar-refractivity contribution in [3.05, 3.63) is 33.8 Å². The van der Waals surface area contributed by atoms with E-state index in [0.29, 0.717) is 15.6 Å². The maximum Gasteiger partial charge on any atom is 0.215 e. The third-order valence-electron chi connectivity index (χ3n) is 1.39. The SMILES string of the molecule is COC(=N)c1c(Cl)cccc1Cl. The molecule has 0 aliphatic heterocycles. The largest absolute Gasteiger partial charge is 0.481 e. The van der Waals surface area contributed by atoms with Crippen molar-refractivity contribution in [2.24, 2.45) is 0 Å². The monoisotopic (exact) mass is 203 g/mol. The van der Waals surface area contributed by atoms with Crippen molar-refractivity contribution >= 4 is 29.1 Å². The summed E-state index contributed by atoms with van der Waals surface area (Å²) < 4.78 is 4.71. The van der Waals surface area contributed by atoms with Gasteiger partial charge in [0.1, 0.15) is 0 Å². The highest BCUT2D eigenvalue weighted by molar-refractivity contribution is 6.39. The maximum absolute atomic E-state index is 7.37. The summed E-state index contributed by atoms with van der Waals surface area (Å²) in [4.78, 5) is 0. The van der Waals surface area contributed by atoms with Crippen LogP contribution in [0.5, 0.6) is 0 Å². The average molecular weight is 204 g/mol. The van der Waals surface area contributed by atoms with Gasteiger partial charge in [0.05, 0.1) is 22.7 Å². The number of methoxy groups -OCH3 is 1. The number of halogens is 2. The number of ether oxygens (including phenoxy) is 1. The van der Waals surface area contributed by atoms with E-state index in [2.05, 4.69) is 0 Å². The van der Waals surface area contributed by atoms with Gasteiger partial charge in [-0.3, -0.25) is 5.41 Å². The Morgan fingerprint density at radius 1 is 1.33 bits per heavy atom. The van der Waals surface area contributed by atoms with Crippen LogP contribution in [-0.4, -0.2) is 13.0 Å². The van der Waals surface area contributed by atoms with Crippen molar-refractivity contribution in [2.75, 3.05) is 7.11 Å². The van der Waals surface area contributed by atoms with Crippen LogP contribution in [0.2, 0.25) is 10.0 Å². The standard InChI is InChI=1S/C8H7Cl2NO/c1-12-8(11)7-5(9)3-2-4-6(7)10/h2-4,11H,1H3. The normalized spacial score (nSPS) is 9.58. The molecular formula is C8H7Cl2NO. The molecule has 12 heavy (non-hydrogen) atoms. The van der Waals surface area contributed by atoms with E-state index in [-0.39, 0.29) is 5.90 Å². The fourth-order valence-electron chi connectivity index (χ4n) is 0.817. The summed E-state index contributed by atoms with van der Waals surface area (Å²) in [6.45, 7) is 0. The molecule has 64 valence electrons. The minimum absolute atomic E-state index is 0.0226. The number of hydrogen-bond donors (Lipinski definition) is 1. The molecule has 1 N–H and O–H groups in total. The zero-order valence-electron chi connectivity index (χ0n) is 6.40. The lowest BCUT2D eigenvalue weighted by molar-refractivity contribution is 0.401. The van der Waals surface area contributed by atoms with E-state index in [4.69, 9.17) is 33.3 Å². The minimum atomic E-state index is -0.0226. The lowest BCUT2D eigenvalue weighted by Crippen LogP contribution is -2.02. The molecule has 0 bridgehead atoms. The van der Waals surface area contributed by atoms with Crippen LogP contribution in [0.1, 0.15) is 5.56 Å². The zero-order chi connectivity index (χ0) is 9.14. The first-order chi connectivity index (χ1) is 5.66. The van der Waals surface area contributed by atoms with Crippen molar-refractivity contribution in [2.45, 2.75) is 0 Å². The van der Waals surface area contributed by atoms with Gasteiger partial charge in [-0.1, -0.05) is 29.3 Å². The van der Waals surface area contributed by atoms with Crippen LogP contribution in [-0.2, 0) is 4.74 Å². The summed E-state index contributed by atoms with van der Waals surface area (Å²) in [5.74, 6) is -0.0226. The molecule has 0 unspecified atom stereocenters. The van der Waals surface area contributed by atoms with Crippen molar-refractivity contribution in [1.82, 2.24) is 0 Å². The van der Waals surface area contributed by atoms with Gasteiger partial charge in [0.25, 0.3) is 0 Å². The maximum atomic E-state index is 7.37. The van der Waals surface area contributed by atoms with Crippen LogP contribution in [0, 0.1) is 5.41 Å². The summed E-state index contributed by atoms with van der Waals surface area (Å²) in [7, 11) is 1.40.